The van der Waals surface area contributed by atoms with Crippen LogP contribution in [-0.4, -0.2) is 31.7 Å². The zero-order chi connectivity index (χ0) is 15.1. The average molecular weight is 352 g/mol. The van der Waals surface area contributed by atoms with E-state index in [9.17, 15) is 4.79 Å². The van der Waals surface area contributed by atoms with Crippen LogP contribution >= 0.6 is 15.9 Å². The van der Waals surface area contributed by atoms with Gasteiger partial charge in [0.1, 0.15) is 0 Å². The van der Waals surface area contributed by atoms with E-state index >= 15 is 0 Å². The maximum Gasteiger partial charge on any atom is 0.226 e. The van der Waals surface area contributed by atoms with Gasteiger partial charge < -0.3 is 15.4 Å². The topological polar surface area (TPSA) is 74.2 Å². The zero-order valence-electron chi connectivity index (χ0n) is 11.7. The molecule has 2 rings (SSSR count). The van der Waals surface area contributed by atoms with Crippen molar-refractivity contribution in [3.05, 3.63) is 28.2 Å². The third-order valence-corrected chi connectivity index (χ3v) is 4.00. The van der Waals surface area contributed by atoms with Crippen molar-refractivity contribution in [1.82, 2.24) is 5.32 Å². The van der Waals surface area contributed by atoms with Crippen LogP contribution in [0, 0.1) is 11.3 Å². The minimum atomic E-state index is -0.0886. The Morgan fingerprint density at radius 2 is 2.24 bits per heavy atom. The molecule has 2 N–H and O–H groups in total. The third kappa shape index (κ3) is 5.12. The molecule has 0 saturated carbocycles. The second kappa shape index (κ2) is 8.13. The van der Waals surface area contributed by atoms with Gasteiger partial charge in [-0.05, 0) is 60.1 Å². The van der Waals surface area contributed by atoms with Crippen LogP contribution in [0.25, 0.3) is 0 Å². The summed E-state index contributed by atoms with van der Waals surface area (Å²) in [6.45, 7) is 2.40. The minimum absolute atomic E-state index is 0.0886. The summed E-state index contributed by atoms with van der Waals surface area (Å²) in [7, 11) is 0. The number of nitriles is 1. The Hall–Kier alpha value is -1.42. The summed E-state index contributed by atoms with van der Waals surface area (Å²) in [5, 5.41) is 14.9. The number of halogens is 1. The molecule has 1 aliphatic rings. The van der Waals surface area contributed by atoms with Crippen LogP contribution in [0.5, 0.6) is 0 Å². The predicted octanol–water partition coefficient (Wildman–Crippen LogP) is 2.42. The fourth-order valence-electron chi connectivity index (χ4n) is 2.18. The van der Waals surface area contributed by atoms with E-state index in [1.807, 2.05) is 0 Å². The van der Waals surface area contributed by atoms with Crippen molar-refractivity contribution in [3.8, 4) is 6.07 Å². The number of carbonyl (C=O) groups excluding carboxylic acids is 1. The van der Waals surface area contributed by atoms with E-state index in [1.54, 1.807) is 18.2 Å². The molecule has 1 fully saturated rings. The first kappa shape index (κ1) is 16.0. The molecule has 1 aromatic carbocycles. The normalized spacial score (nSPS) is 15.4. The van der Waals surface area contributed by atoms with Gasteiger partial charge in [0, 0.05) is 4.47 Å². The van der Waals surface area contributed by atoms with Gasteiger partial charge in [0.25, 0.3) is 0 Å². The fourth-order valence-corrected chi connectivity index (χ4v) is 2.66. The molecule has 0 aliphatic carbocycles. The lowest BCUT2D eigenvalue weighted by molar-refractivity contribution is -0.117. The molecule has 0 spiro atoms. The molecular formula is C15H18BrN3O2. The molecule has 0 unspecified atom stereocenters. The molecule has 21 heavy (non-hydrogen) atoms. The summed E-state index contributed by atoms with van der Waals surface area (Å²) in [5.41, 5.74) is 1.22. The summed E-state index contributed by atoms with van der Waals surface area (Å²) in [4.78, 5) is 11.9. The zero-order valence-corrected chi connectivity index (χ0v) is 13.3. The Bertz CT molecular complexity index is 536. The van der Waals surface area contributed by atoms with E-state index in [0.717, 1.165) is 25.9 Å². The lowest BCUT2D eigenvalue weighted by Crippen LogP contribution is -2.33. The predicted molar refractivity (Wildman–Crippen MR) is 83.9 cm³/mol. The van der Waals surface area contributed by atoms with Crippen LogP contribution in [0.3, 0.4) is 0 Å². The number of hydrogen-bond donors (Lipinski definition) is 2. The Morgan fingerprint density at radius 1 is 1.48 bits per heavy atom. The van der Waals surface area contributed by atoms with E-state index in [4.69, 9.17) is 10.00 Å². The number of nitrogens with zero attached hydrogens (tertiary/aromatic N) is 1. The highest BCUT2D eigenvalue weighted by Gasteiger charge is 2.14. The molecular weight excluding hydrogens is 334 g/mol. The lowest BCUT2D eigenvalue weighted by Gasteiger charge is -2.22. The maximum absolute atomic E-state index is 11.9. The van der Waals surface area contributed by atoms with Crippen molar-refractivity contribution in [2.75, 3.05) is 25.0 Å². The van der Waals surface area contributed by atoms with Crippen molar-refractivity contribution >= 4 is 27.5 Å². The number of rotatable bonds is 5. The van der Waals surface area contributed by atoms with Gasteiger partial charge in [0.05, 0.1) is 36.5 Å². The summed E-state index contributed by atoms with van der Waals surface area (Å²) in [6, 6.07) is 7.12. The second-order valence-electron chi connectivity index (χ2n) is 4.92. The molecule has 1 saturated heterocycles. The Kier molecular flexibility index (Phi) is 6.18. The number of carbonyl (C=O) groups is 1. The Labute approximate surface area is 132 Å². The first-order chi connectivity index (χ1) is 10.2. The quantitative estimate of drug-likeness (QED) is 0.854. The molecule has 0 aromatic heterocycles. The number of piperidine rings is 1. The number of anilines is 1. The van der Waals surface area contributed by atoms with Gasteiger partial charge in [0.15, 0.2) is 0 Å². The van der Waals surface area contributed by atoms with Crippen molar-refractivity contribution in [2.24, 2.45) is 0 Å². The second-order valence-corrected chi connectivity index (χ2v) is 5.78. The van der Waals surface area contributed by atoms with Crippen molar-refractivity contribution in [3.63, 3.8) is 0 Å². The molecule has 112 valence electrons. The monoisotopic (exact) mass is 351 g/mol. The first-order valence-corrected chi connectivity index (χ1v) is 7.80. The smallest absolute Gasteiger partial charge is 0.226 e. The molecule has 1 aromatic rings. The van der Waals surface area contributed by atoms with E-state index in [-0.39, 0.29) is 12.0 Å². The number of benzene rings is 1. The van der Waals surface area contributed by atoms with Crippen molar-refractivity contribution in [1.29, 1.82) is 5.26 Å². The van der Waals surface area contributed by atoms with E-state index in [0.29, 0.717) is 28.8 Å². The average Bonchev–Trinajstić information content (AvgIpc) is 2.50. The molecule has 1 aliphatic heterocycles. The van der Waals surface area contributed by atoms with Crippen molar-refractivity contribution < 1.29 is 9.53 Å². The summed E-state index contributed by atoms with van der Waals surface area (Å²) in [5.74, 6) is -0.0886. The highest BCUT2D eigenvalue weighted by Crippen LogP contribution is 2.23. The Balaban J connectivity index is 1.75. The van der Waals surface area contributed by atoms with Gasteiger partial charge in [0.2, 0.25) is 5.91 Å². The van der Waals surface area contributed by atoms with E-state index in [2.05, 4.69) is 32.6 Å². The van der Waals surface area contributed by atoms with Crippen LogP contribution in [0.2, 0.25) is 0 Å². The Morgan fingerprint density at radius 3 is 2.90 bits per heavy atom. The van der Waals surface area contributed by atoms with Gasteiger partial charge in [-0.1, -0.05) is 0 Å². The third-order valence-electron chi connectivity index (χ3n) is 3.34. The highest BCUT2D eigenvalue weighted by molar-refractivity contribution is 9.10. The SMILES string of the molecule is N#Cc1ccc(NC(=O)CCOC2CCNCC2)c(Br)c1. The van der Waals surface area contributed by atoms with Crippen LogP contribution in [-0.2, 0) is 9.53 Å². The number of amides is 1. The molecule has 1 amide bonds. The maximum atomic E-state index is 11.9. The minimum Gasteiger partial charge on any atom is -0.378 e. The summed E-state index contributed by atoms with van der Waals surface area (Å²) in [6.07, 6.45) is 2.60. The molecule has 0 atom stereocenters. The van der Waals surface area contributed by atoms with Gasteiger partial charge >= 0.3 is 0 Å². The standard InChI is InChI=1S/C15H18BrN3O2/c16-13-9-11(10-17)1-2-14(13)19-15(20)5-8-21-12-3-6-18-7-4-12/h1-2,9,12,18H,3-8H2,(H,19,20). The van der Waals surface area contributed by atoms with E-state index in [1.165, 1.54) is 0 Å². The fraction of sp³-hybridized carbons (Fsp3) is 0.467. The summed E-state index contributed by atoms with van der Waals surface area (Å²) >= 11 is 3.34. The van der Waals surface area contributed by atoms with Crippen molar-refractivity contribution in [2.45, 2.75) is 25.4 Å². The van der Waals surface area contributed by atoms with Crippen LogP contribution in [0.1, 0.15) is 24.8 Å². The number of hydrogen-bond acceptors (Lipinski definition) is 4. The number of ether oxygens (including phenoxy) is 1. The molecule has 5 nitrogen and oxygen atoms in total. The van der Waals surface area contributed by atoms with Crippen LogP contribution in [0.15, 0.2) is 22.7 Å². The largest absolute Gasteiger partial charge is 0.378 e. The molecule has 0 radical (unpaired) electrons. The van der Waals surface area contributed by atoms with Gasteiger partial charge in [-0.3, -0.25) is 4.79 Å². The highest BCUT2D eigenvalue weighted by atomic mass is 79.9. The molecule has 6 heteroatoms. The van der Waals surface area contributed by atoms with Gasteiger partial charge in [-0.15, -0.1) is 0 Å². The lowest BCUT2D eigenvalue weighted by atomic mass is 10.1. The van der Waals surface area contributed by atoms with Gasteiger partial charge in [-0.25, -0.2) is 0 Å². The molecule has 1 heterocycles. The van der Waals surface area contributed by atoms with Crippen LogP contribution < -0.4 is 10.6 Å². The van der Waals surface area contributed by atoms with E-state index < -0.39 is 0 Å². The number of nitrogens with one attached hydrogen (secondary N) is 2. The van der Waals surface area contributed by atoms with Gasteiger partial charge in [-0.2, -0.15) is 5.26 Å². The van der Waals surface area contributed by atoms with Crippen LogP contribution in [0.4, 0.5) is 5.69 Å². The first-order valence-electron chi connectivity index (χ1n) is 7.01. The summed E-state index contributed by atoms with van der Waals surface area (Å²) < 4.78 is 6.41. The molecule has 0 bridgehead atoms.